The lowest BCUT2D eigenvalue weighted by Crippen LogP contribution is -1.91. The number of rotatable bonds is 1. The van der Waals surface area contributed by atoms with Crippen LogP contribution in [0.1, 0.15) is 10.4 Å². The second kappa shape index (κ2) is 3.39. The van der Waals surface area contributed by atoms with Gasteiger partial charge in [0.2, 0.25) is 5.12 Å². The van der Waals surface area contributed by atoms with Crippen LogP contribution in [0.4, 0.5) is 0 Å². The third kappa shape index (κ3) is 1.73. The molecule has 0 saturated carbocycles. The minimum atomic E-state index is -0.176. The van der Waals surface area contributed by atoms with Crippen molar-refractivity contribution in [3.05, 3.63) is 33.4 Å². The molecule has 3 heteroatoms. The Morgan fingerprint density at radius 3 is 2.40 bits per heavy atom. The molecule has 0 radical (unpaired) electrons. The summed E-state index contributed by atoms with van der Waals surface area (Å²) in [7, 11) is 0. The maximum Gasteiger partial charge on any atom is 0.217 e. The highest BCUT2D eigenvalue weighted by atomic mass is 127. The summed E-state index contributed by atoms with van der Waals surface area (Å²) in [6.07, 6.45) is 0. The fraction of sp³-hybridized carbons (Fsp3) is 0. The van der Waals surface area contributed by atoms with Gasteiger partial charge < -0.3 is 0 Å². The number of hydrogen-bond donors (Lipinski definition) is 1. The Bertz CT molecular complexity index is 260. The minimum Gasteiger partial charge on any atom is -0.282 e. The first-order chi connectivity index (χ1) is 4.72. The molecule has 0 fully saturated rings. The van der Waals surface area contributed by atoms with E-state index in [9.17, 15) is 4.79 Å². The zero-order valence-corrected chi connectivity index (χ0v) is 8.09. The van der Waals surface area contributed by atoms with Crippen molar-refractivity contribution in [1.29, 1.82) is 0 Å². The van der Waals surface area contributed by atoms with Crippen LogP contribution in [0.5, 0.6) is 0 Å². The second-order valence-electron chi connectivity index (χ2n) is 1.78. The zero-order chi connectivity index (χ0) is 7.56. The average molecular weight is 264 g/mol. The molecule has 1 rings (SSSR count). The summed E-state index contributed by atoms with van der Waals surface area (Å²) >= 11 is 5.82. The smallest absolute Gasteiger partial charge is 0.217 e. The molecule has 1 aromatic rings. The Labute approximate surface area is 78.4 Å². The van der Waals surface area contributed by atoms with E-state index in [4.69, 9.17) is 0 Å². The number of halogens is 1. The number of thiol groups is 1. The van der Waals surface area contributed by atoms with Gasteiger partial charge in [-0.1, -0.05) is 12.1 Å². The highest BCUT2D eigenvalue weighted by molar-refractivity contribution is 14.1. The van der Waals surface area contributed by atoms with E-state index in [-0.39, 0.29) is 5.12 Å². The Hall–Kier alpha value is -0.0300. The monoisotopic (exact) mass is 264 g/mol. The molecular formula is C7H5IOS. The van der Waals surface area contributed by atoms with E-state index in [2.05, 4.69) is 35.2 Å². The van der Waals surface area contributed by atoms with Gasteiger partial charge in [0, 0.05) is 9.13 Å². The zero-order valence-electron chi connectivity index (χ0n) is 5.04. The van der Waals surface area contributed by atoms with Crippen LogP contribution in [0.2, 0.25) is 0 Å². The molecule has 1 nitrogen and oxygen atoms in total. The first kappa shape index (κ1) is 8.07. The van der Waals surface area contributed by atoms with Crippen LogP contribution in [0, 0.1) is 3.57 Å². The molecule has 52 valence electrons. The van der Waals surface area contributed by atoms with Crippen molar-refractivity contribution < 1.29 is 4.79 Å². The highest BCUT2D eigenvalue weighted by Gasteiger charge is 2.02. The standard InChI is InChI=1S/C7H5IOS/c8-6-4-2-1-3-5(6)7(9)10/h1-4H,(H,9,10). The van der Waals surface area contributed by atoms with Gasteiger partial charge in [0.15, 0.2) is 0 Å². The van der Waals surface area contributed by atoms with Crippen LogP contribution in [0.15, 0.2) is 24.3 Å². The van der Waals surface area contributed by atoms with E-state index in [0.29, 0.717) is 5.56 Å². The largest absolute Gasteiger partial charge is 0.282 e. The number of benzene rings is 1. The topological polar surface area (TPSA) is 17.1 Å². The molecule has 0 spiro atoms. The van der Waals surface area contributed by atoms with Crippen molar-refractivity contribution in [2.75, 3.05) is 0 Å². The van der Waals surface area contributed by atoms with Gasteiger partial charge in [-0.05, 0) is 34.7 Å². The fourth-order valence-corrected chi connectivity index (χ4v) is 1.68. The quantitative estimate of drug-likeness (QED) is 0.608. The number of hydrogen-bond acceptors (Lipinski definition) is 1. The third-order valence-electron chi connectivity index (χ3n) is 1.10. The van der Waals surface area contributed by atoms with Crippen molar-refractivity contribution in [3.8, 4) is 0 Å². The van der Waals surface area contributed by atoms with Crippen molar-refractivity contribution in [1.82, 2.24) is 0 Å². The molecule has 0 saturated heterocycles. The molecule has 0 unspecified atom stereocenters. The highest BCUT2D eigenvalue weighted by Crippen LogP contribution is 2.12. The average Bonchev–Trinajstić information content (AvgIpc) is 1.88. The van der Waals surface area contributed by atoms with Gasteiger partial charge in [0.1, 0.15) is 0 Å². The SMILES string of the molecule is O=C(S)c1ccccc1I. The lowest BCUT2D eigenvalue weighted by atomic mass is 10.2. The van der Waals surface area contributed by atoms with Crippen LogP contribution in [-0.4, -0.2) is 5.12 Å². The van der Waals surface area contributed by atoms with E-state index >= 15 is 0 Å². The van der Waals surface area contributed by atoms with E-state index in [0.717, 1.165) is 3.57 Å². The maximum absolute atomic E-state index is 10.7. The van der Waals surface area contributed by atoms with Crippen LogP contribution in [0.3, 0.4) is 0 Å². The van der Waals surface area contributed by atoms with Gasteiger partial charge in [-0.25, -0.2) is 0 Å². The summed E-state index contributed by atoms with van der Waals surface area (Å²) in [4.78, 5) is 10.7. The maximum atomic E-state index is 10.7. The lowest BCUT2D eigenvalue weighted by Gasteiger charge is -1.95. The van der Waals surface area contributed by atoms with Gasteiger partial charge in [-0.2, -0.15) is 0 Å². The summed E-state index contributed by atoms with van der Waals surface area (Å²) in [5, 5.41) is -0.176. The van der Waals surface area contributed by atoms with E-state index in [1.165, 1.54) is 0 Å². The Morgan fingerprint density at radius 2 is 2.00 bits per heavy atom. The van der Waals surface area contributed by atoms with Gasteiger partial charge in [0.05, 0.1) is 0 Å². The predicted octanol–water partition coefficient (Wildman–Crippen LogP) is 2.36. The Morgan fingerprint density at radius 1 is 1.40 bits per heavy atom. The molecule has 0 aliphatic rings. The molecule has 0 heterocycles. The van der Waals surface area contributed by atoms with Gasteiger partial charge >= 0.3 is 0 Å². The first-order valence-electron chi connectivity index (χ1n) is 2.69. The molecule has 0 N–H and O–H groups in total. The number of carbonyl (C=O) groups excluding carboxylic acids is 1. The third-order valence-corrected chi connectivity index (χ3v) is 2.29. The first-order valence-corrected chi connectivity index (χ1v) is 4.22. The molecular weight excluding hydrogens is 259 g/mol. The van der Waals surface area contributed by atoms with Crippen molar-refractivity contribution in [2.45, 2.75) is 0 Å². The van der Waals surface area contributed by atoms with E-state index in [1.54, 1.807) is 6.07 Å². The normalized spacial score (nSPS) is 9.40. The Balaban J connectivity index is 3.15. The molecule has 0 aromatic heterocycles. The van der Waals surface area contributed by atoms with Crippen LogP contribution < -0.4 is 0 Å². The van der Waals surface area contributed by atoms with E-state index < -0.39 is 0 Å². The van der Waals surface area contributed by atoms with Crippen molar-refractivity contribution in [2.24, 2.45) is 0 Å². The summed E-state index contributed by atoms with van der Waals surface area (Å²) in [6, 6.07) is 7.36. The summed E-state index contributed by atoms with van der Waals surface area (Å²) < 4.78 is 0.945. The molecule has 10 heavy (non-hydrogen) atoms. The lowest BCUT2D eigenvalue weighted by molar-refractivity contribution is 0.109. The predicted molar refractivity (Wildman–Crippen MR) is 52.5 cm³/mol. The minimum absolute atomic E-state index is 0.176. The fourth-order valence-electron chi connectivity index (χ4n) is 0.635. The number of carbonyl (C=O) groups is 1. The summed E-state index contributed by atoms with van der Waals surface area (Å²) in [5.74, 6) is 0. The molecule has 0 atom stereocenters. The molecule has 0 bridgehead atoms. The molecule has 1 aromatic carbocycles. The van der Waals surface area contributed by atoms with Gasteiger partial charge in [-0.3, -0.25) is 4.79 Å². The van der Waals surface area contributed by atoms with Crippen LogP contribution in [0.25, 0.3) is 0 Å². The van der Waals surface area contributed by atoms with Gasteiger partial charge in [-0.15, -0.1) is 12.6 Å². The molecule has 0 aliphatic carbocycles. The van der Waals surface area contributed by atoms with Gasteiger partial charge in [0.25, 0.3) is 0 Å². The molecule has 0 aliphatic heterocycles. The van der Waals surface area contributed by atoms with Crippen LogP contribution in [-0.2, 0) is 0 Å². The summed E-state index contributed by atoms with van der Waals surface area (Å²) in [5.41, 5.74) is 0.673. The van der Waals surface area contributed by atoms with Crippen LogP contribution >= 0.6 is 35.2 Å². The van der Waals surface area contributed by atoms with Crippen molar-refractivity contribution >= 4 is 40.3 Å². The molecule has 0 amide bonds. The van der Waals surface area contributed by atoms with Crippen molar-refractivity contribution in [3.63, 3.8) is 0 Å². The second-order valence-corrected chi connectivity index (χ2v) is 3.35. The Kier molecular flexibility index (Phi) is 2.73. The summed E-state index contributed by atoms with van der Waals surface area (Å²) in [6.45, 7) is 0. The van der Waals surface area contributed by atoms with E-state index in [1.807, 2.05) is 18.2 Å².